The van der Waals surface area contributed by atoms with Crippen LogP contribution < -0.4 is 5.73 Å². The fraction of sp³-hybridized carbons (Fsp3) is 0.500. The van der Waals surface area contributed by atoms with E-state index in [1.165, 1.54) is 10.5 Å². The Kier molecular flexibility index (Phi) is 3.05. The molecule has 0 saturated heterocycles. The van der Waals surface area contributed by atoms with Crippen LogP contribution in [-0.2, 0) is 0 Å². The standard InChI is InChI=1S/C8H12ClNS/c1-5-3-7(4-10)11-8(9)6(5)2/h3,5H,4,10H2,1-2H3. The Bertz CT molecular complexity index is 220. The number of thioether (sulfide) groups is 1. The molecule has 0 aliphatic carbocycles. The molecular formula is C8H12ClNS. The molecule has 1 unspecified atom stereocenters. The summed E-state index contributed by atoms with van der Waals surface area (Å²) >= 11 is 7.56. The summed E-state index contributed by atoms with van der Waals surface area (Å²) in [4.78, 5) is 1.17. The van der Waals surface area contributed by atoms with Crippen LogP contribution in [0.25, 0.3) is 0 Å². The third kappa shape index (κ3) is 2.01. The normalized spacial score (nSPS) is 25.5. The Morgan fingerprint density at radius 3 is 2.82 bits per heavy atom. The monoisotopic (exact) mass is 189 g/mol. The molecule has 3 heteroatoms. The lowest BCUT2D eigenvalue weighted by atomic mass is 10.0. The molecule has 0 aromatic carbocycles. The Balaban J connectivity index is 2.79. The quantitative estimate of drug-likeness (QED) is 0.687. The van der Waals surface area contributed by atoms with Crippen molar-refractivity contribution in [2.24, 2.45) is 11.7 Å². The van der Waals surface area contributed by atoms with Crippen molar-refractivity contribution in [3.05, 3.63) is 20.9 Å². The van der Waals surface area contributed by atoms with Gasteiger partial charge in [-0.1, -0.05) is 36.4 Å². The van der Waals surface area contributed by atoms with E-state index >= 15 is 0 Å². The maximum absolute atomic E-state index is 5.98. The van der Waals surface area contributed by atoms with Crippen molar-refractivity contribution in [2.45, 2.75) is 13.8 Å². The summed E-state index contributed by atoms with van der Waals surface area (Å²) in [5.41, 5.74) is 6.75. The van der Waals surface area contributed by atoms with E-state index in [9.17, 15) is 0 Å². The van der Waals surface area contributed by atoms with Crippen LogP contribution in [0, 0.1) is 5.92 Å². The van der Waals surface area contributed by atoms with Gasteiger partial charge >= 0.3 is 0 Å². The summed E-state index contributed by atoms with van der Waals surface area (Å²) in [7, 11) is 0. The predicted molar refractivity (Wildman–Crippen MR) is 52.4 cm³/mol. The van der Waals surface area contributed by atoms with Crippen LogP contribution in [0.2, 0.25) is 0 Å². The Morgan fingerprint density at radius 1 is 1.73 bits per heavy atom. The molecule has 62 valence electrons. The Labute approximate surface area is 76.7 Å². The molecule has 0 aromatic rings. The van der Waals surface area contributed by atoms with Crippen molar-refractivity contribution in [1.82, 2.24) is 0 Å². The molecule has 1 atom stereocenters. The first-order chi connectivity index (χ1) is 5.15. The summed E-state index contributed by atoms with van der Waals surface area (Å²) < 4.78 is 0.889. The van der Waals surface area contributed by atoms with Gasteiger partial charge < -0.3 is 5.73 Å². The zero-order valence-electron chi connectivity index (χ0n) is 6.73. The molecular weight excluding hydrogens is 178 g/mol. The summed E-state index contributed by atoms with van der Waals surface area (Å²) in [6, 6.07) is 0. The number of rotatable bonds is 1. The van der Waals surface area contributed by atoms with Crippen LogP contribution in [0.3, 0.4) is 0 Å². The molecule has 0 amide bonds. The first-order valence-corrected chi connectivity index (χ1v) is 4.79. The smallest absolute Gasteiger partial charge is 0.0774 e. The lowest BCUT2D eigenvalue weighted by molar-refractivity contribution is 0.852. The number of hydrogen-bond donors (Lipinski definition) is 1. The first kappa shape index (κ1) is 9.17. The first-order valence-electron chi connectivity index (χ1n) is 3.60. The van der Waals surface area contributed by atoms with Crippen LogP contribution in [0.4, 0.5) is 0 Å². The average molecular weight is 190 g/mol. The predicted octanol–water partition coefficient (Wildman–Crippen LogP) is 2.68. The molecule has 1 aliphatic rings. The van der Waals surface area contributed by atoms with Gasteiger partial charge in [0.05, 0.1) is 4.36 Å². The van der Waals surface area contributed by atoms with Crippen LogP contribution in [-0.4, -0.2) is 6.54 Å². The average Bonchev–Trinajstić information content (AvgIpc) is 1.99. The minimum absolute atomic E-state index is 0.447. The van der Waals surface area contributed by atoms with E-state index in [0.717, 1.165) is 4.36 Å². The maximum atomic E-state index is 5.98. The highest BCUT2D eigenvalue weighted by Gasteiger charge is 2.14. The van der Waals surface area contributed by atoms with E-state index in [2.05, 4.69) is 19.9 Å². The fourth-order valence-electron chi connectivity index (χ4n) is 0.922. The molecule has 11 heavy (non-hydrogen) atoms. The number of nitrogens with two attached hydrogens (primary N) is 1. The van der Waals surface area contributed by atoms with Gasteiger partial charge in [0.2, 0.25) is 0 Å². The van der Waals surface area contributed by atoms with Crippen molar-refractivity contribution in [1.29, 1.82) is 0 Å². The molecule has 1 aliphatic heterocycles. The minimum Gasteiger partial charge on any atom is -0.326 e. The van der Waals surface area contributed by atoms with E-state index in [4.69, 9.17) is 17.3 Å². The van der Waals surface area contributed by atoms with E-state index in [1.807, 2.05) is 0 Å². The topological polar surface area (TPSA) is 26.0 Å². The highest BCUT2D eigenvalue weighted by atomic mass is 35.5. The van der Waals surface area contributed by atoms with Crippen molar-refractivity contribution in [3.8, 4) is 0 Å². The highest BCUT2D eigenvalue weighted by molar-refractivity contribution is 8.08. The highest BCUT2D eigenvalue weighted by Crippen LogP contribution is 2.38. The van der Waals surface area contributed by atoms with Gasteiger partial charge in [0.15, 0.2) is 0 Å². The van der Waals surface area contributed by atoms with E-state index < -0.39 is 0 Å². The number of halogens is 1. The zero-order valence-corrected chi connectivity index (χ0v) is 8.30. The fourth-order valence-corrected chi connectivity index (χ4v) is 2.32. The molecule has 1 nitrogen and oxygen atoms in total. The van der Waals surface area contributed by atoms with Gasteiger partial charge in [0.25, 0.3) is 0 Å². The minimum atomic E-state index is 0.447. The lowest BCUT2D eigenvalue weighted by Gasteiger charge is -2.18. The van der Waals surface area contributed by atoms with Crippen molar-refractivity contribution in [3.63, 3.8) is 0 Å². The summed E-state index contributed by atoms with van der Waals surface area (Å²) in [5.74, 6) is 0.447. The summed E-state index contributed by atoms with van der Waals surface area (Å²) in [6.45, 7) is 4.79. The number of hydrogen-bond acceptors (Lipinski definition) is 2. The van der Waals surface area contributed by atoms with Gasteiger partial charge in [-0.25, -0.2) is 0 Å². The Hall–Kier alpha value is 0.0800. The van der Waals surface area contributed by atoms with Crippen LogP contribution in [0.1, 0.15) is 13.8 Å². The second kappa shape index (κ2) is 3.65. The molecule has 1 heterocycles. The molecule has 0 bridgehead atoms. The molecule has 0 aromatic heterocycles. The second-order valence-electron chi connectivity index (χ2n) is 2.68. The van der Waals surface area contributed by atoms with Gasteiger partial charge in [-0.05, 0) is 18.4 Å². The third-order valence-corrected chi connectivity index (χ3v) is 3.45. The van der Waals surface area contributed by atoms with Gasteiger partial charge in [-0.2, -0.15) is 0 Å². The van der Waals surface area contributed by atoms with E-state index in [0.29, 0.717) is 12.5 Å². The summed E-state index contributed by atoms with van der Waals surface area (Å²) in [6.07, 6.45) is 2.17. The molecule has 2 N–H and O–H groups in total. The molecule has 0 saturated carbocycles. The number of allylic oxidation sites excluding steroid dienone is 2. The maximum Gasteiger partial charge on any atom is 0.0774 e. The zero-order chi connectivity index (χ0) is 8.43. The SMILES string of the molecule is CC1=C(Cl)SC(CN)=CC1C. The third-order valence-electron chi connectivity index (χ3n) is 1.85. The largest absolute Gasteiger partial charge is 0.326 e. The Morgan fingerprint density at radius 2 is 2.36 bits per heavy atom. The van der Waals surface area contributed by atoms with Crippen LogP contribution >= 0.6 is 23.4 Å². The lowest BCUT2D eigenvalue weighted by Crippen LogP contribution is -2.07. The molecule has 0 radical (unpaired) electrons. The van der Waals surface area contributed by atoms with Crippen LogP contribution in [0.15, 0.2) is 20.9 Å². The van der Waals surface area contributed by atoms with Crippen LogP contribution in [0.5, 0.6) is 0 Å². The van der Waals surface area contributed by atoms with E-state index in [-0.39, 0.29) is 0 Å². The van der Waals surface area contributed by atoms with Crippen molar-refractivity contribution < 1.29 is 0 Å². The van der Waals surface area contributed by atoms with Gasteiger partial charge in [-0.15, -0.1) is 0 Å². The van der Waals surface area contributed by atoms with Crippen molar-refractivity contribution in [2.75, 3.05) is 6.54 Å². The second-order valence-corrected chi connectivity index (χ2v) is 4.42. The molecule has 0 fully saturated rings. The van der Waals surface area contributed by atoms with E-state index in [1.54, 1.807) is 11.8 Å². The molecule has 1 rings (SSSR count). The molecule has 0 spiro atoms. The van der Waals surface area contributed by atoms with Gasteiger partial charge in [-0.3, -0.25) is 0 Å². The van der Waals surface area contributed by atoms with Crippen molar-refractivity contribution >= 4 is 23.4 Å². The summed E-state index contributed by atoms with van der Waals surface area (Å²) in [5, 5.41) is 0. The van der Waals surface area contributed by atoms with Gasteiger partial charge in [0.1, 0.15) is 0 Å². The van der Waals surface area contributed by atoms with Gasteiger partial charge in [0, 0.05) is 11.4 Å².